The van der Waals surface area contributed by atoms with Crippen molar-refractivity contribution in [2.24, 2.45) is 0 Å². The van der Waals surface area contributed by atoms with Crippen LogP contribution in [0.15, 0.2) is 30.3 Å². The molecule has 0 aliphatic carbocycles. The average Bonchev–Trinajstić information content (AvgIpc) is 2.72. The van der Waals surface area contributed by atoms with Crippen LogP contribution in [0.25, 0.3) is 21.9 Å². The second-order valence-electron chi connectivity index (χ2n) is 8.02. The molecule has 0 fully saturated rings. The number of fused-ring (bicyclic) bond motifs is 2. The average molecular weight is 408 g/mol. The van der Waals surface area contributed by atoms with E-state index in [1.165, 1.54) is 5.56 Å². The molecule has 30 heavy (non-hydrogen) atoms. The van der Waals surface area contributed by atoms with Gasteiger partial charge in [-0.05, 0) is 61.9 Å². The molecule has 3 aromatic carbocycles. The summed E-state index contributed by atoms with van der Waals surface area (Å²) in [6.45, 7) is 6.35. The fourth-order valence-corrected chi connectivity index (χ4v) is 4.92. The van der Waals surface area contributed by atoms with Crippen molar-refractivity contribution in [1.82, 2.24) is 5.32 Å². The van der Waals surface area contributed by atoms with Crippen LogP contribution >= 0.6 is 0 Å². The van der Waals surface area contributed by atoms with E-state index in [2.05, 4.69) is 25.2 Å². The minimum Gasteiger partial charge on any atom is -0.507 e. The van der Waals surface area contributed by atoms with Crippen molar-refractivity contribution in [3.05, 3.63) is 47.0 Å². The van der Waals surface area contributed by atoms with Crippen LogP contribution in [-0.2, 0) is 6.42 Å². The van der Waals surface area contributed by atoms with Gasteiger partial charge in [0.05, 0.1) is 32.3 Å². The molecule has 0 spiro atoms. The standard InChI is InChI=1S/C25H29NO4/c1-13-10-18(27)23-17(8-7-9-19(23)28-4)21(13)24-20(29-5)12-16-11-14(2)26-15(3)22(16)25(24)30-6/h7-10,12,14-15,26-27H,11H2,1-6H3/t14-,15+/m0/s1. The Bertz CT molecular complexity index is 1120. The van der Waals surface area contributed by atoms with Crippen LogP contribution in [0.2, 0.25) is 0 Å². The molecule has 2 N–H and O–H groups in total. The lowest BCUT2D eigenvalue weighted by atomic mass is 9.84. The molecule has 0 saturated carbocycles. The number of aryl methyl sites for hydroxylation is 1. The van der Waals surface area contributed by atoms with Crippen LogP contribution in [0.3, 0.4) is 0 Å². The summed E-state index contributed by atoms with van der Waals surface area (Å²) in [5.41, 5.74) is 5.22. The van der Waals surface area contributed by atoms with Gasteiger partial charge in [0.25, 0.3) is 0 Å². The smallest absolute Gasteiger partial charge is 0.135 e. The Hall–Kier alpha value is -2.92. The molecule has 0 saturated heterocycles. The third-order valence-electron chi connectivity index (χ3n) is 6.06. The van der Waals surface area contributed by atoms with E-state index in [0.717, 1.165) is 45.6 Å². The third kappa shape index (κ3) is 3.05. The second-order valence-corrected chi connectivity index (χ2v) is 8.02. The van der Waals surface area contributed by atoms with Gasteiger partial charge in [-0.2, -0.15) is 0 Å². The first kappa shape index (κ1) is 20.4. The molecule has 1 heterocycles. The summed E-state index contributed by atoms with van der Waals surface area (Å²) in [5, 5.41) is 15.9. The van der Waals surface area contributed by atoms with Crippen molar-refractivity contribution in [3.8, 4) is 34.1 Å². The number of hydrogen-bond donors (Lipinski definition) is 2. The first-order chi connectivity index (χ1) is 14.4. The molecule has 2 atom stereocenters. The number of methoxy groups -OCH3 is 3. The maximum atomic E-state index is 10.7. The number of phenols is 1. The Kier molecular flexibility index (Phi) is 5.24. The van der Waals surface area contributed by atoms with Crippen molar-refractivity contribution in [3.63, 3.8) is 0 Å². The van der Waals surface area contributed by atoms with Crippen LogP contribution in [0.1, 0.15) is 36.6 Å². The van der Waals surface area contributed by atoms with Gasteiger partial charge in [0.15, 0.2) is 0 Å². The summed E-state index contributed by atoms with van der Waals surface area (Å²) in [6.07, 6.45) is 0.913. The lowest BCUT2D eigenvalue weighted by molar-refractivity contribution is 0.372. The predicted molar refractivity (Wildman–Crippen MR) is 120 cm³/mol. The maximum Gasteiger partial charge on any atom is 0.135 e. The number of benzene rings is 3. The van der Waals surface area contributed by atoms with Gasteiger partial charge in [-0.1, -0.05) is 12.1 Å². The molecule has 0 aromatic heterocycles. The van der Waals surface area contributed by atoms with E-state index in [1.807, 2.05) is 25.1 Å². The van der Waals surface area contributed by atoms with E-state index in [4.69, 9.17) is 14.2 Å². The molecule has 5 heteroatoms. The first-order valence-electron chi connectivity index (χ1n) is 10.2. The van der Waals surface area contributed by atoms with Gasteiger partial charge in [-0.3, -0.25) is 0 Å². The van der Waals surface area contributed by atoms with E-state index >= 15 is 0 Å². The SMILES string of the molecule is COc1cc2c(c(OC)c1-c1c(C)cc(O)c3c(OC)cccc13)[C@@H](C)N[C@@H](C)C2. The summed E-state index contributed by atoms with van der Waals surface area (Å²) >= 11 is 0. The molecule has 158 valence electrons. The Morgan fingerprint density at radius 1 is 0.967 bits per heavy atom. The topological polar surface area (TPSA) is 60.0 Å². The Labute approximate surface area is 177 Å². The molecule has 4 rings (SSSR count). The summed E-state index contributed by atoms with van der Waals surface area (Å²) in [4.78, 5) is 0. The Morgan fingerprint density at radius 2 is 1.70 bits per heavy atom. The summed E-state index contributed by atoms with van der Waals surface area (Å²) in [6, 6.07) is 10.3. The lowest BCUT2D eigenvalue weighted by Gasteiger charge is -2.32. The number of phenolic OH excluding ortho intramolecular Hbond substituents is 1. The minimum absolute atomic E-state index is 0.154. The van der Waals surface area contributed by atoms with Crippen LogP contribution in [-0.4, -0.2) is 32.5 Å². The summed E-state index contributed by atoms with van der Waals surface area (Å²) in [7, 11) is 5.02. The van der Waals surface area contributed by atoms with Gasteiger partial charge < -0.3 is 24.6 Å². The van der Waals surface area contributed by atoms with E-state index in [1.54, 1.807) is 27.4 Å². The Balaban J connectivity index is 2.14. The van der Waals surface area contributed by atoms with E-state index in [0.29, 0.717) is 17.2 Å². The third-order valence-corrected chi connectivity index (χ3v) is 6.06. The number of hydrogen-bond acceptors (Lipinski definition) is 5. The van der Waals surface area contributed by atoms with Crippen molar-refractivity contribution < 1.29 is 19.3 Å². The molecule has 1 aliphatic heterocycles. The molecular formula is C25H29NO4. The molecular weight excluding hydrogens is 378 g/mol. The number of aromatic hydroxyl groups is 1. The highest BCUT2D eigenvalue weighted by Crippen LogP contribution is 2.51. The highest BCUT2D eigenvalue weighted by molar-refractivity contribution is 6.06. The van der Waals surface area contributed by atoms with Gasteiger partial charge in [0, 0.05) is 23.2 Å². The molecule has 0 unspecified atom stereocenters. The fourth-order valence-electron chi connectivity index (χ4n) is 4.92. The van der Waals surface area contributed by atoms with Crippen molar-refractivity contribution in [2.75, 3.05) is 21.3 Å². The van der Waals surface area contributed by atoms with Gasteiger partial charge >= 0.3 is 0 Å². The number of nitrogens with one attached hydrogen (secondary N) is 1. The summed E-state index contributed by atoms with van der Waals surface area (Å²) < 4.78 is 17.4. The lowest BCUT2D eigenvalue weighted by Crippen LogP contribution is -2.36. The normalized spacial score (nSPS) is 18.2. The maximum absolute atomic E-state index is 10.7. The van der Waals surface area contributed by atoms with Gasteiger partial charge in [0.1, 0.15) is 23.0 Å². The molecule has 3 aromatic rings. The first-order valence-corrected chi connectivity index (χ1v) is 10.2. The number of rotatable bonds is 4. The summed E-state index contributed by atoms with van der Waals surface area (Å²) in [5.74, 6) is 2.41. The van der Waals surface area contributed by atoms with Crippen molar-refractivity contribution in [2.45, 2.75) is 39.3 Å². The Morgan fingerprint density at radius 3 is 2.37 bits per heavy atom. The van der Waals surface area contributed by atoms with Crippen LogP contribution in [0.4, 0.5) is 0 Å². The van der Waals surface area contributed by atoms with Gasteiger partial charge in [0.2, 0.25) is 0 Å². The highest BCUT2D eigenvalue weighted by Gasteiger charge is 2.30. The van der Waals surface area contributed by atoms with Crippen molar-refractivity contribution in [1.29, 1.82) is 0 Å². The van der Waals surface area contributed by atoms with E-state index < -0.39 is 0 Å². The molecule has 0 bridgehead atoms. The van der Waals surface area contributed by atoms with Crippen molar-refractivity contribution >= 4 is 10.8 Å². The van der Waals surface area contributed by atoms with E-state index in [-0.39, 0.29) is 11.8 Å². The molecule has 5 nitrogen and oxygen atoms in total. The quantitative estimate of drug-likeness (QED) is 0.627. The molecule has 0 radical (unpaired) electrons. The minimum atomic E-state index is 0.154. The fraction of sp³-hybridized carbons (Fsp3) is 0.360. The van der Waals surface area contributed by atoms with Gasteiger partial charge in [-0.25, -0.2) is 0 Å². The van der Waals surface area contributed by atoms with Gasteiger partial charge in [-0.15, -0.1) is 0 Å². The predicted octanol–water partition coefficient (Wildman–Crippen LogP) is 5.14. The molecule has 0 amide bonds. The monoisotopic (exact) mass is 407 g/mol. The van der Waals surface area contributed by atoms with Crippen LogP contribution in [0, 0.1) is 6.92 Å². The zero-order valence-corrected chi connectivity index (χ0v) is 18.4. The number of ether oxygens (including phenoxy) is 3. The zero-order chi connectivity index (χ0) is 21.6. The van der Waals surface area contributed by atoms with E-state index in [9.17, 15) is 5.11 Å². The van der Waals surface area contributed by atoms with Crippen LogP contribution < -0.4 is 19.5 Å². The zero-order valence-electron chi connectivity index (χ0n) is 18.4. The second kappa shape index (κ2) is 7.73. The molecule has 1 aliphatic rings. The largest absolute Gasteiger partial charge is 0.507 e. The highest BCUT2D eigenvalue weighted by atomic mass is 16.5. The van der Waals surface area contributed by atoms with Crippen LogP contribution in [0.5, 0.6) is 23.0 Å².